The van der Waals surface area contributed by atoms with E-state index in [1.165, 1.54) is 16.5 Å². The number of nitrogens with zero attached hydrogens (tertiary/aromatic N) is 1. The topological polar surface area (TPSA) is 28.7 Å². The zero-order chi connectivity index (χ0) is 10.7. The summed E-state index contributed by atoms with van der Waals surface area (Å²) in [7, 11) is 0. The second-order valence-electron chi connectivity index (χ2n) is 3.48. The highest BCUT2D eigenvalue weighted by Crippen LogP contribution is 2.21. The van der Waals surface area contributed by atoms with E-state index in [4.69, 9.17) is 0 Å². The summed E-state index contributed by atoms with van der Waals surface area (Å²) >= 11 is 0. The summed E-state index contributed by atoms with van der Waals surface area (Å²) < 4.78 is 0. The Balaban J connectivity index is 2.52. The Kier molecular flexibility index (Phi) is 2.68. The molecule has 76 valence electrons. The van der Waals surface area contributed by atoms with Gasteiger partial charge < -0.3 is 4.98 Å². The lowest BCUT2D eigenvalue weighted by Gasteiger charge is -1.95. The Morgan fingerprint density at radius 2 is 2.20 bits per heavy atom. The van der Waals surface area contributed by atoms with Gasteiger partial charge in [0.15, 0.2) is 0 Å². The average Bonchev–Trinajstić information content (AvgIpc) is 2.63. The number of hydrogen-bond donors (Lipinski definition) is 1. The van der Waals surface area contributed by atoms with Gasteiger partial charge in [-0.2, -0.15) is 0 Å². The first-order valence-electron chi connectivity index (χ1n) is 5.05. The van der Waals surface area contributed by atoms with Crippen molar-refractivity contribution in [3.05, 3.63) is 47.8 Å². The van der Waals surface area contributed by atoms with Crippen LogP contribution in [0.3, 0.4) is 0 Å². The van der Waals surface area contributed by atoms with E-state index in [-0.39, 0.29) is 0 Å². The van der Waals surface area contributed by atoms with E-state index in [1.807, 2.05) is 43.6 Å². The lowest BCUT2D eigenvalue weighted by molar-refractivity contribution is 1.31. The number of H-pyrrole nitrogens is 1. The molecule has 0 saturated carbocycles. The molecule has 0 saturated heterocycles. The van der Waals surface area contributed by atoms with E-state index in [0.29, 0.717) is 0 Å². The smallest absolute Gasteiger partial charge is 0.138 e. The summed E-state index contributed by atoms with van der Waals surface area (Å²) in [5.41, 5.74) is 3.39. The van der Waals surface area contributed by atoms with E-state index in [1.54, 1.807) is 0 Å². The molecule has 2 nitrogen and oxygen atoms in total. The van der Waals surface area contributed by atoms with Crippen LogP contribution in [-0.4, -0.2) is 9.97 Å². The standard InChI is InChI=1S/C13H14N2/c1-3-4-5-6-11-9-15-13-12(11)10(2)7-8-14-13/h3-9H,1-2H3,(H,14,15). The third kappa shape index (κ3) is 1.84. The van der Waals surface area contributed by atoms with Gasteiger partial charge in [-0.05, 0) is 25.5 Å². The molecule has 2 rings (SSSR count). The minimum absolute atomic E-state index is 0.954. The van der Waals surface area contributed by atoms with Crippen molar-refractivity contribution in [2.45, 2.75) is 13.8 Å². The molecule has 0 aromatic carbocycles. The molecule has 0 aliphatic rings. The maximum Gasteiger partial charge on any atom is 0.138 e. The van der Waals surface area contributed by atoms with Gasteiger partial charge in [0.05, 0.1) is 0 Å². The Bertz CT molecular complexity index is 518. The van der Waals surface area contributed by atoms with Crippen LogP contribution in [0.2, 0.25) is 0 Å². The van der Waals surface area contributed by atoms with Crippen LogP contribution in [0.15, 0.2) is 36.7 Å². The van der Waals surface area contributed by atoms with Crippen molar-refractivity contribution in [2.75, 3.05) is 0 Å². The van der Waals surface area contributed by atoms with E-state index in [2.05, 4.69) is 23.0 Å². The van der Waals surface area contributed by atoms with Gasteiger partial charge in [-0.15, -0.1) is 0 Å². The number of aryl methyl sites for hydroxylation is 1. The van der Waals surface area contributed by atoms with E-state index >= 15 is 0 Å². The van der Waals surface area contributed by atoms with E-state index < -0.39 is 0 Å². The van der Waals surface area contributed by atoms with Crippen LogP contribution in [0, 0.1) is 6.92 Å². The van der Waals surface area contributed by atoms with Gasteiger partial charge in [0.25, 0.3) is 0 Å². The zero-order valence-electron chi connectivity index (χ0n) is 8.99. The average molecular weight is 198 g/mol. The molecule has 0 amide bonds. The Labute approximate surface area is 89.4 Å². The number of aromatic amines is 1. The van der Waals surface area contributed by atoms with Crippen molar-refractivity contribution >= 4 is 17.1 Å². The molecule has 0 atom stereocenters. The molecule has 2 heteroatoms. The summed E-state index contributed by atoms with van der Waals surface area (Å²) in [5, 5.41) is 1.21. The van der Waals surface area contributed by atoms with E-state index in [9.17, 15) is 0 Å². The van der Waals surface area contributed by atoms with Gasteiger partial charge in [0, 0.05) is 23.3 Å². The normalized spacial score (nSPS) is 12.1. The minimum Gasteiger partial charge on any atom is -0.346 e. The van der Waals surface area contributed by atoms with Crippen LogP contribution in [0.4, 0.5) is 0 Å². The Morgan fingerprint density at radius 3 is 3.00 bits per heavy atom. The number of allylic oxidation sites excluding steroid dienone is 3. The zero-order valence-corrected chi connectivity index (χ0v) is 8.99. The number of nitrogens with one attached hydrogen (secondary N) is 1. The number of hydrogen-bond acceptors (Lipinski definition) is 1. The highest BCUT2D eigenvalue weighted by atomic mass is 14.8. The van der Waals surface area contributed by atoms with Crippen molar-refractivity contribution in [1.82, 2.24) is 9.97 Å². The van der Waals surface area contributed by atoms with Crippen LogP contribution in [0.1, 0.15) is 18.1 Å². The molecule has 0 bridgehead atoms. The number of rotatable bonds is 2. The van der Waals surface area contributed by atoms with Crippen LogP contribution < -0.4 is 0 Å². The second kappa shape index (κ2) is 4.13. The highest BCUT2D eigenvalue weighted by molar-refractivity contribution is 5.89. The SMILES string of the molecule is CC=CC=Cc1c[nH]c2nccc(C)c12. The fourth-order valence-corrected chi connectivity index (χ4v) is 1.65. The lowest BCUT2D eigenvalue weighted by Crippen LogP contribution is -1.79. The third-order valence-corrected chi connectivity index (χ3v) is 2.39. The summed E-state index contributed by atoms with van der Waals surface area (Å²) in [5.74, 6) is 0. The molecule has 1 N–H and O–H groups in total. The molecular formula is C13H14N2. The summed E-state index contributed by atoms with van der Waals surface area (Å²) in [6, 6.07) is 2.03. The summed E-state index contributed by atoms with van der Waals surface area (Å²) in [6.07, 6.45) is 12.0. The number of aromatic nitrogens is 2. The van der Waals surface area contributed by atoms with Gasteiger partial charge in [-0.3, -0.25) is 0 Å². The number of pyridine rings is 1. The van der Waals surface area contributed by atoms with Gasteiger partial charge in [-0.1, -0.05) is 24.3 Å². The van der Waals surface area contributed by atoms with Crippen molar-refractivity contribution in [2.24, 2.45) is 0 Å². The first-order chi connectivity index (χ1) is 7.33. The quantitative estimate of drug-likeness (QED) is 0.735. The largest absolute Gasteiger partial charge is 0.346 e. The summed E-state index contributed by atoms with van der Waals surface area (Å²) in [4.78, 5) is 7.45. The van der Waals surface area contributed by atoms with Crippen molar-refractivity contribution in [3.63, 3.8) is 0 Å². The first-order valence-corrected chi connectivity index (χ1v) is 5.05. The van der Waals surface area contributed by atoms with Crippen LogP contribution in [-0.2, 0) is 0 Å². The summed E-state index contributed by atoms with van der Waals surface area (Å²) in [6.45, 7) is 4.11. The van der Waals surface area contributed by atoms with Crippen LogP contribution >= 0.6 is 0 Å². The molecule has 2 aromatic rings. The minimum atomic E-state index is 0.954. The van der Waals surface area contributed by atoms with Crippen LogP contribution in [0.5, 0.6) is 0 Å². The Hall–Kier alpha value is -1.83. The fourth-order valence-electron chi connectivity index (χ4n) is 1.65. The third-order valence-electron chi connectivity index (χ3n) is 2.39. The van der Waals surface area contributed by atoms with Crippen molar-refractivity contribution in [1.29, 1.82) is 0 Å². The molecule has 2 aromatic heterocycles. The molecule has 15 heavy (non-hydrogen) atoms. The second-order valence-corrected chi connectivity index (χ2v) is 3.48. The monoisotopic (exact) mass is 198 g/mol. The fraction of sp³-hybridized carbons (Fsp3) is 0.154. The van der Waals surface area contributed by atoms with Crippen molar-refractivity contribution in [3.8, 4) is 0 Å². The molecule has 0 aliphatic heterocycles. The molecule has 0 unspecified atom stereocenters. The molecule has 2 heterocycles. The maximum absolute atomic E-state index is 4.28. The van der Waals surface area contributed by atoms with Crippen molar-refractivity contribution < 1.29 is 0 Å². The molecule has 0 radical (unpaired) electrons. The highest BCUT2D eigenvalue weighted by Gasteiger charge is 2.03. The first kappa shape index (κ1) is 9.71. The maximum atomic E-state index is 4.28. The predicted molar refractivity (Wildman–Crippen MR) is 64.7 cm³/mol. The van der Waals surface area contributed by atoms with Crippen LogP contribution in [0.25, 0.3) is 17.1 Å². The molecule has 0 fully saturated rings. The molecular weight excluding hydrogens is 184 g/mol. The van der Waals surface area contributed by atoms with E-state index in [0.717, 1.165) is 5.65 Å². The van der Waals surface area contributed by atoms with Gasteiger partial charge in [0.1, 0.15) is 5.65 Å². The number of fused-ring (bicyclic) bond motifs is 1. The van der Waals surface area contributed by atoms with Gasteiger partial charge in [0.2, 0.25) is 0 Å². The molecule has 0 spiro atoms. The Morgan fingerprint density at radius 1 is 1.33 bits per heavy atom. The molecule has 0 aliphatic carbocycles. The predicted octanol–water partition coefficient (Wildman–Crippen LogP) is 3.46. The van der Waals surface area contributed by atoms with Gasteiger partial charge >= 0.3 is 0 Å². The lowest BCUT2D eigenvalue weighted by atomic mass is 10.1. The van der Waals surface area contributed by atoms with Gasteiger partial charge in [-0.25, -0.2) is 4.98 Å².